The molecule has 0 fully saturated rings. The molecule has 33 heavy (non-hydrogen) atoms. The van der Waals surface area contributed by atoms with Crippen molar-refractivity contribution in [3.8, 4) is 33.4 Å². The average Bonchev–Trinajstić information content (AvgIpc) is 3.36. The summed E-state index contributed by atoms with van der Waals surface area (Å²) in [4.78, 5) is 0. The minimum atomic E-state index is -0.282. The molecule has 0 radical (unpaired) electrons. The first kappa shape index (κ1) is 18.4. The molecule has 2 aliphatic rings. The van der Waals surface area contributed by atoms with Gasteiger partial charge in [0.05, 0.1) is 5.41 Å². The quantitative estimate of drug-likeness (QED) is 0.265. The van der Waals surface area contributed by atoms with Crippen molar-refractivity contribution in [2.75, 3.05) is 0 Å². The number of hydrogen-bond donors (Lipinski definition) is 0. The molecule has 0 aromatic heterocycles. The second-order valence-corrected chi connectivity index (χ2v) is 8.97. The fourth-order valence-corrected chi connectivity index (χ4v) is 6.09. The van der Waals surface area contributed by atoms with Gasteiger partial charge in [-0.1, -0.05) is 122 Å². The van der Waals surface area contributed by atoms with E-state index in [2.05, 4.69) is 122 Å². The lowest BCUT2D eigenvalue weighted by atomic mass is 9.70. The first-order valence-electron chi connectivity index (χ1n) is 11.5. The van der Waals surface area contributed by atoms with E-state index >= 15 is 0 Å². The van der Waals surface area contributed by atoms with Crippen LogP contribution in [-0.4, -0.2) is 0 Å². The van der Waals surface area contributed by atoms with Crippen LogP contribution in [0.3, 0.4) is 0 Å². The van der Waals surface area contributed by atoms with Crippen molar-refractivity contribution >= 4 is 6.08 Å². The van der Waals surface area contributed by atoms with Crippen molar-refractivity contribution in [3.63, 3.8) is 0 Å². The molecule has 5 aromatic rings. The number of rotatable bonds is 2. The highest BCUT2D eigenvalue weighted by atomic mass is 14.5. The topological polar surface area (TPSA) is 0 Å². The molecule has 0 heteroatoms. The van der Waals surface area contributed by atoms with E-state index in [9.17, 15) is 0 Å². The highest BCUT2D eigenvalue weighted by Gasteiger charge is 2.51. The Labute approximate surface area is 194 Å². The Morgan fingerprint density at radius 3 is 1.42 bits per heavy atom. The molecular weight excluding hydrogens is 396 g/mol. The third kappa shape index (κ3) is 2.30. The largest absolute Gasteiger partial charge is 0.0985 e. The van der Waals surface area contributed by atoms with Crippen LogP contribution in [0.5, 0.6) is 0 Å². The van der Waals surface area contributed by atoms with E-state index in [1.807, 2.05) is 6.08 Å². The molecule has 0 saturated carbocycles. The summed E-state index contributed by atoms with van der Waals surface area (Å²) in [6.45, 7) is 3.89. The summed E-state index contributed by atoms with van der Waals surface area (Å²) in [5, 5.41) is 0. The summed E-state index contributed by atoms with van der Waals surface area (Å²) in [7, 11) is 0. The van der Waals surface area contributed by atoms with Crippen molar-refractivity contribution in [1.29, 1.82) is 0 Å². The van der Waals surface area contributed by atoms with Crippen LogP contribution in [0.4, 0.5) is 0 Å². The average molecular weight is 419 g/mol. The van der Waals surface area contributed by atoms with Gasteiger partial charge in [-0.2, -0.15) is 0 Å². The van der Waals surface area contributed by atoms with Gasteiger partial charge in [-0.15, -0.1) is 0 Å². The fourth-order valence-electron chi connectivity index (χ4n) is 6.09. The van der Waals surface area contributed by atoms with Crippen molar-refractivity contribution in [2.24, 2.45) is 0 Å². The molecule has 5 aromatic carbocycles. The third-order valence-corrected chi connectivity index (χ3v) is 7.48. The maximum Gasteiger partial charge on any atom is 0.0725 e. The molecule has 0 saturated heterocycles. The van der Waals surface area contributed by atoms with Crippen LogP contribution in [0.1, 0.15) is 27.8 Å². The summed E-state index contributed by atoms with van der Waals surface area (Å²) in [5.74, 6) is 0. The molecule has 2 aliphatic carbocycles. The van der Waals surface area contributed by atoms with Crippen LogP contribution < -0.4 is 0 Å². The molecule has 0 nitrogen and oxygen atoms in total. The van der Waals surface area contributed by atoms with E-state index in [4.69, 9.17) is 0 Å². The third-order valence-electron chi connectivity index (χ3n) is 7.48. The van der Waals surface area contributed by atoms with Gasteiger partial charge in [-0.25, -0.2) is 0 Å². The van der Waals surface area contributed by atoms with Gasteiger partial charge in [0.1, 0.15) is 0 Å². The minimum Gasteiger partial charge on any atom is -0.0985 e. The molecule has 0 unspecified atom stereocenters. The van der Waals surface area contributed by atoms with E-state index in [0.29, 0.717) is 0 Å². The molecule has 0 atom stereocenters. The first-order valence-corrected chi connectivity index (χ1v) is 11.5. The van der Waals surface area contributed by atoms with Gasteiger partial charge >= 0.3 is 0 Å². The monoisotopic (exact) mass is 418 g/mol. The van der Waals surface area contributed by atoms with Gasteiger partial charge in [-0.05, 0) is 67.3 Å². The number of fused-ring (bicyclic) bond motifs is 10. The molecule has 0 amide bonds. The molecule has 0 aliphatic heterocycles. The fraction of sp³-hybridized carbons (Fsp3) is 0.0303. The van der Waals surface area contributed by atoms with Crippen LogP contribution in [0.25, 0.3) is 39.5 Å². The second-order valence-electron chi connectivity index (χ2n) is 8.97. The normalized spacial score (nSPS) is 13.8. The highest BCUT2D eigenvalue weighted by Crippen LogP contribution is 2.62. The standard InChI is InChI=1S/C33H22/c1-2-22-15-17-23(18-16-22)24-19-20-28-27-11-5-8-14-31(27)33(32(28)21-24)29-12-6-3-9-25(29)26-10-4-7-13-30(26)33/h2-21H,1H2. The predicted molar refractivity (Wildman–Crippen MR) is 138 cm³/mol. The van der Waals surface area contributed by atoms with Gasteiger partial charge in [0.25, 0.3) is 0 Å². The minimum absolute atomic E-state index is 0.282. The predicted octanol–water partition coefficient (Wildman–Crippen LogP) is 8.34. The van der Waals surface area contributed by atoms with Gasteiger partial charge in [0.15, 0.2) is 0 Å². The van der Waals surface area contributed by atoms with Gasteiger partial charge in [0.2, 0.25) is 0 Å². The Kier molecular flexibility index (Phi) is 3.72. The van der Waals surface area contributed by atoms with E-state index in [0.717, 1.165) is 5.56 Å². The zero-order valence-electron chi connectivity index (χ0n) is 18.3. The maximum atomic E-state index is 3.89. The highest BCUT2D eigenvalue weighted by molar-refractivity contribution is 5.95. The number of benzene rings is 5. The lowest BCUT2D eigenvalue weighted by Gasteiger charge is -2.30. The Morgan fingerprint density at radius 2 is 0.909 bits per heavy atom. The van der Waals surface area contributed by atoms with Crippen LogP contribution in [-0.2, 0) is 5.41 Å². The summed E-state index contributed by atoms with van der Waals surface area (Å²) in [6, 6.07) is 42.6. The van der Waals surface area contributed by atoms with Crippen LogP contribution in [0.2, 0.25) is 0 Å². The van der Waals surface area contributed by atoms with E-state index in [1.54, 1.807) is 0 Å². The lowest BCUT2D eigenvalue weighted by molar-refractivity contribution is 0.794. The molecule has 0 bridgehead atoms. The van der Waals surface area contributed by atoms with Gasteiger partial charge in [0, 0.05) is 0 Å². The van der Waals surface area contributed by atoms with Crippen molar-refractivity contribution < 1.29 is 0 Å². The van der Waals surface area contributed by atoms with Crippen LogP contribution >= 0.6 is 0 Å². The molecule has 0 heterocycles. The van der Waals surface area contributed by atoms with Crippen LogP contribution in [0.15, 0.2) is 122 Å². The zero-order chi connectivity index (χ0) is 22.0. The molecule has 0 N–H and O–H groups in total. The smallest absolute Gasteiger partial charge is 0.0725 e. The zero-order valence-corrected chi connectivity index (χ0v) is 18.3. The summed E-state index contributed by atoms with van der Waals surface area (Å²) < 4.78 is 0. The molecule has 7 rings (SSSR count). The van der Waals surface area contributed by atoms with Crippen molar-refractivity contribution in [2.45, 2.75) is 5.41 Å². The Hall–Kier alpha value is -4.16. The van der Waals surface area contributed by atoms with Gasteiger partial charge in [-0.3, -0.25) is 0 Å². The lowest BCUT2D eigenvalue weighted by Crippen LogP contribution is -2.25. The summed E-state index contributed by atoms with van der Waals surface area (Å²) >= 11 is 0. The van der Waals surface area contributed by atoms with E-state index < -0.39 is 0 Å². The van der Waals surface area contributed by atoms with Crippen molar-refractivity contribution in [1.82, 2.24) is 0 Å². The molecule has 154 valence electrons. The number of hydrogen-bond acceptors (Lipinski definition) is 0. The Balaban J connectivity index is 1.58. The first-order chi connectivity index (χ1) is 16.3. The molecule has 1 spiro atoms. The molecular formula is C33H22. The SMILES string of the molecule is C=Cc1ccc(-c2ccc3c(c2)C2(c4ccccc4-c4ccccc42)c2ccccc2-3)cc1. The Bertz CT molecular complexity index is 1500. The summed E-state index contributed by atoms with van der Waals surface area (Å²) in [6.07, 6.45) is 1.89. The van der Waals surface area contributed by atoms with Gasteiger partial charge < -0.3 is 0 Å². The second kappa shape index (κ2) is 6.67. The maximum absolute atomic E-state index is 3.89. The van der Waals surface area contributed by atoms with E-state index in [1.165, 1.54) is 55.6 Å². The van der Waals surface area contributed by atoms with Crippen molar-refractivity contribution in [3.05, 3.63) is 150 Å². The van der Waals surface area contributed by atoms with E-state index in [-0.39, 0.29) is 5.41 Å². The van der Waals surface area contributed by atoms with Crippen LogP contribution in [0, 0.1) is 0 Å². The summed E-state index contributed by atoms with van der Waals surface area (Å²) in [5.41, 5.74) is 14.2. The Morgan fingerprint density at radius 1 is 0.455 bits per heavy atom.